The molecule has 0 aliphatic carbocycles. The van der Waals surface area contributed by atoms with Crippen LogP contribution in [0.25, 0.3) is 0 Å². The topological polar surface area (TPSA) is 50.4 Å². The van der Waals surface area contributed by atoms with Crippen molar-refractivity contribution in [3.63, 3.8) is 0 Å². The van der Waals surface area contributed by atoms with E-state index in [1.165, 1.54) is 24.3 Å². The number of alkyl halides is 3. The molecular weight excluding hydrogens is 297 g/mol. The van der Waals surface area contributed by atoms with Crippen molar-refractivity contribution in [2.24, 2.45) is 0 Å². The molecule has 1 amide bonds. The van der Waals surface area contributed by atoms with Gasteiger partial charge in [-0.3, -0.25) is 4.79 Å². The maximum absolute atomic E-state index is 12.1. The lowest BCUT2D eigenvalue weighted by molar-refractivity contribution is -0.274. The van der Waals surface area contributed by atoms with Crippen LogP contribution in [0.1, 0.15) is 22.1 Å². The van der Waals surface area contributed by atoms with Gasteiger partial charge in [-0.15, -0.1) is 13.2 Å². The van der Waals surface area contributed by atoms with Gasteiger partial charge in [-0.25, -0.2) is 0 Å². The number of benzene rings is 2. The Kier molecular flexibility index (Phi) is 3.40. The van der Waals surface area contributed by atoms with Crippen LogP contribution < -0.4 is 15.4 Å². The second-order valence-corrected chi connectivity index (χ2v) is 4.71. The highest BCUT2D eigenvalue weighted by Gasteiger charge is 2.31. The summed E-state index contributed by atoms with van der Waals surface area (Å²) in [6.45, 7) is 0. The predicted molar refractivity (Wildman–Crippen MR) is 73.4 cm³/mol. The van der Waals surface area contributed by atoms with E-state index in [-0.39, 0.29) is 11.7 Å². The Morgan fingerprint density at radius 2 is 1.64 bits per heavy atom. The van der Waals surface area contributed by atoms with Crippen molar-refractivity contribution < 1.29 is 22.7 Å². The fourth-order valence-corrected chi connectivity index (χ4v) is 2.24. The van der Waals surface area contributed by atoms with E-state index in [0.29, 0.717) is 16.8 Å². The van der Waals surface area contributed by atoms with E-state index in [0.717, 1.165) is 0 Å². The number of fused-ring (bicyclic) bond motifs is 1. The molecule has 1 heterocycles. The van der Waals surface area contributed by atoms with Crippen molar-refractivity contribution in [2.75, 3.05) is 5.32 Å². The minimum absolute atomic E-state index is 0.241. The molecule has 0 bridgehead atoms. The lowest BCUT2D eigenvalue weighted by atomic mass is 10.1. The number of anilines is 1. The first-order valence-electron chi connectivity index (χ1n) is 6.44. The quantitative estimate of drug-likeness (QED) is 0.893. The van der Waals surface area contributed by atoms with Crippen LogP contribution in [-0.2, 0) is 0 Å². The summed E-state index contributed by atoms with van der Waals surface area (Å²) in [6.07, 6.45) is -5.24. The summed E-state index contributed by atoms with van der Waals surface area (Å²) in [5.41, 5.74) is 1.82. The molecule has 22 heavy (non-hydrogen) atoms. The number of amides is 1. The first-order chi connectivity index (χ1) is 10.4. The molecule has 0 saturated carbocycles. The van der Waals surface area contributed by atoms with Gasteiger partial charge in [0.2, 0.25) is 0 Å². The van der Waals surface area contributed by atoms with E-state index in [9.17, 15) is 18.0 Å². The molecular formula is C15H11F3N2O2. The van der Waals surface area contributed by atoms with E-state index in [4.69, 9.17) is 0 Å². The van der Waals surface area contributed by atoms with Gasteiger partial charge in [-0.05, 0) is 29.8 Å². The molecule has 1 atom stereocenters. The Labute approximate surface area is 123 Å². The zero-order valence-corrected chi connectivity index (χ0v) is 11.1. The first-order valence-corrected chi connectivity index (χ1v) is 6.44. The van der Waals surface area contributed by atoms with E-state index < -0.39 is 12.5 Å². The van der Waals surface area contributed by atoms with Crippen molar-refractivity contribution in [1.29, 1.82) is 0 Å². The lowest BCUT2D eigenvalue weighted by Crippen LogP contribution is -2.38. The first kappa shape index (κ1) is 14.2. The van der Waals surface area contributed by atoms with Crippen LogP contribution in [0.5, 0.6) is 5.75 Å². The summed E-state index contributed by atoms with van der Waals surface area (Å²) in [6, 6.07) is 12.3. The van der Waals surface area contributed by atoms with Crippen molar-refractivity contribution >= 4 is 11.6 Å². The van der Waals surface area contributed by atoms with Gasteiger partial charge in [-0.1, -0.05) is 24.3 Å². The predicted octanol–water partition coefficient (Wildman–Crippen LogP) is 3.44. The highest BCUT2D eigenvalue weighted by molar-refractivity contribution is 6.01. The second-order valence-electron chi connectivity index (χ2n) is 4.71. The van der Waals surface area contributed by atoms with Crippen molar-refractivity contribution in [3.05, 3.63) is 59.7 Å². The van der Waals surface area contributed by atoms with Gasteiger partial charge in [-0.2, -0.15) is 0 Å². The maximum Gasteiger partial charge on any atom is 0.573 e. The van der Waals surface area contributed by atoms with Gasteiger partial charge >= 0.3 is 6.36 Å². The Morgan fingerprint density at radius 3 is 2.32 bits per heavy atom. The Morgan fingerprint density at radius 1 is 0.955 bits per heavy atom. The maximum atomic E-state index is 12.1. The standard InChI is InChI=1S/C15H11F3N2O2/c16-15(17,18)22-10-7-5-9(6-8-10)13-19-12-4-2-1-3-11(12)14(21)20-13/h1-8,13,19H,(H,20,21)/t13-/m0/s1. The lowest BCUT2D eigenvalue weighted by Gasteiger charge is -2.28. The smallest absolute Gasteiger partial charge is 0.406 e. The van der Waals surface area contributed by atoms with Crippen LogP contribution >= 0.6 is 0 Å². The zero-order chi connectivity index (χ0) is 15.7. The molecule has 0 aromatic heterocycles. The number of halogens is 3. The number of carbonyl (C=O) groups is 1. The summed E-state index contributed by atoms with van der Waals surface area (Å²) < 4.78 is 40.2. The van der Waals surface area contributed by atoms with Crippen LogP contribution in [-0.4, -0.2) is 12.3 Å². The minimum atomic E-state index is -4.72. The molecule has 0 saturated heterocycles. The van der Waals surface area contributed by atoms with Gasteiger partial charge < -0.3 is 15.4 Å². The molecule has 0 radical (unpaired) electrons. The molecule has 4 nitrogen and oxygen atoms in total. The van der Waals surface area contributed by atoms with Gasteiger partial charge in [0.25, 0.3) is 5.91 Å². The SMILES string of the molecule is O=C1N[C@@H](c2ccc(OC(F)(F)F)cc2)Nc2ccccc21. The summed E-state index contributed by atoms with van der Waals surface area (Å²) in [4.78, 5) is 12.0. The van der Waals surface area contributed by atoms with Gasteiger partial charge in [0.1, 0.15) is 11.9 Å². The summed E-state index contributed by atoms with van der Waals surface area (Å²) in [5, 5.41) is 5.86. The number of ether oxygens (including phenoxy) is 1. The molecule has 0 unspecified atom stereocenters. The molecule has 0 spiro atoms. The van der Waals surface area contributed by atoms with Crippen molar-refractivity contribution in [1.82, 2.24) is 5.32 Å². The van der Waals surface area contributed by atoms with Crippen LogP contribution in [0.4, 0.5) is 18.9 Å². The summed E-state index contributed by atoms with van der Waals surface area (Å²) >= 11 is 0. The third-order valence-electron chi connectivity index (χ3n) is 3.19. The molecule has 2 aromatic carbocycles. The number of nitrogens with one attached hydrogen (secondary N) is 2. The van der Waals surface area contributed by atoms with Crippen molar-refractivity contribution in [3.8, 4) is 5.75 Å². The van der Waals surface area contributed by atoms with E-state index >= 15 is 0 Å². The number of hydrogen-bond acceptors (Lipinski definition) is 3. The molecule has 2 aromatic rings. The number of carbonyl (C=O) groups excluding carboxylic acids is 1. The van der Waals surface area contributed by atoms with Crippen molar-refractivity contribution in [2.45, 2.75) is 12.5 Å². The Balaban J connectivity index is 1.80. The Bertz CT molecular complexity index is 699. The molecule has 114 valence electrons. The van der Waals surface area contributed by atoms with Crippen LogP contribution in [0, 0.1) is 0 Å². The van der Waals surface area contributed by atoms with Gasteiger partial charge in [0, 0.05) is 5.69 Å². The minimum Gasteiger partial charge on any atom is -0.406 e. The van der Waals surface area contributed by atoms with Crippen LogP contribution in [0.2, 0.25) is 0 Å². The normalized spacial score (nSPS) is 17.2. The van der Waals surface area contributed by atoms with E-state index in [2.05, 4.69) is 15.4 Å². The number of rotatable bonds is 2. The number of hydrogen-bond donors (Lipinski definition) is 2. The summed E-state index contributed by atoms with van der Waals surface area (Å²) in [5.74, 6) is -0.547. The van der Waals surface area contributed by atoms with Gasteiger partial charge in [0.05, 0.1) is 5.56 Å². The third-order valence-corrected chi connectivity index (χ3v) is 3.19. The third kappa shape index (κ3) is 2.98. The van der Waals surface area contributed by atoms with Gasteiger partial charge in [0.15, 0.2) is 0 Å². The van der Waals surface area contributed by atoms with Crippen LogP contribution in [0.3, 0.4) is 0 Å². The molecule has 0 fully saturated rings. The summed E-state index contributed by atoms with van der Waals surface area (Å²) in [7, 11) is 0. The molecule has 2 N–H and O–H groups in total. The fraction of sp³-hybridized carbons (Fsp3) is 0.133. The molecule has 7 heteroatoms. The molecule has 1 aliphatic rings. The van der Waals surface area contributed by atoms with E-state index in [1.807, 2.05) is 0 Å². The Hall–Kier alpha value is -2.70. The number of para-hydroxylation sites is 1. The second kappa shape index (κ2) is 5.25. The highest BCUT2D eigenvalue weighted by atomic mass is 19.4. The van der Waals surface area contributed by atoms with E-state index in [1.54, 1.807) is 24.3 Å². The highest BCUT2D eigenvalue weighted by Crippen LogP contribution is 2.28. The molecule has 1 aliphatic heterocycles. The van der Waals surface area contributed by atoms with Crippen LogP contribution in [0.15, 0.2) is 48.5 Å². The fourth-order valence-electron chi connectivity index (χ4n) is 2.24. The zero-order valence-electron chi connectivity index (χ0n) is 11.1. The average Bonchev–Trinajstić information content (AvgIpc) is 2.46. The molecule has 3 rings (SSSR count). The average molecular weight is 308 g/mol. The monoisotopic (exact) mass is 308 g/mol. The largest absolute Gasteiger partial charge is 0.573 e.